The van der Waals surface area contributed by atoms with Crippen LogP contribution in [0.3, 0.4) is 0 Å². The fourth-order valence-electron chi connectivity index (χ4n) is 2.55. The van der Waals surface area contributed by atoms with Gasteiger partial charge in [0.2, 0.25) is 0 Å². The summed E-state index contributed by atoms with van der Waals surface area (Å²) in [6.07, 6.45) is 0. The second kappa shape index (κ2) is 5.90. The van der Waals surface area contributed by atoms with E-state index >= 15 is 0 Å². The van der Waals surface area contributed by atoms with Crippen LogP contribution in [-0.4, -0.2) is 20.1 Å². The highest BCUT2D eigenvalue weighted by Crippen LogP contribution is 2.39. The van der Waals surface area contributed by atoms with Crippen molar-refractivity contribution < 1.29 is 4.92 Å². The predicted molar refractivity (Wildman–Crippen MR) is 76.9 cm³/mol. The van der Waals surface area contributed by atoms with E-state index in [4.69, 9.17) is 11.6 Å². The summed E-state index contributed by atoms with van der Waals surface area (Å²) >= 11 is 6.27. The van der Waals surface area contributed by atoms with Crippen LogP contribution in [0.15, 0.2) is 0 Å². The molecule has 1 heterocycles. The lowest BCUT2D eigenvalue weighted by molar-refractivity contribution is -0.386. The van der Waals surface area contributed by atoms with Crippen molar-refractivity contribution in [3.8, 4) is 0 Å². The predicted octanol–water partition coefficient (Wildman–Crippen LogP) is 4.05. The Balaban J connectivity index is 3.56. The van der Waals surface area contributed by atoms with Gasteiger partial charge in [-0.05, 0) is 33.6 Å². The fraction of sp³-hybridized carbons (Fsp3) is 0.769. The van der Waals surface area contributed by atoms with Gasteiger partial charge in [0.05, 0.1) is 4.92 Å². The fourth-order valence-corrected chi connectivity index (χ4v) is 2.96. The second-order valence-electron chi connectivity index (χ2n) is 5.56. The van der Waals surface area contributed by atoms with Gasteiger partial charge in [-0.25, -0.2) is 0 Å². The van der Waals surface area contributed by atoms with Crippen LogP contribution in [0.5, 0.6) is 0 Å². The third-order valence-corrected chi connectivity index (χ3v) is 3.56. The van der Waals surface area contributed by atoms with Crippen molar-refractivity contribution in [2.75, 3.05) is 0 Å². The normalized spacial score (nSPS) is 15.0. The number of alkyl halides is 1. The highest BCUT2D eigenvalue weighted by molar-refractivity contribution is 6.20. The van der Waals surface area contributed by atoms with Crippen LogP contribution in [0.4, 0.5) is 5.69 Å². The molecule has 1 rings (SSSR count). The minimum absolute atomic E-state index is 0.0686. The first kappa shape index (κ1) is 16.0. The standard InChI is InChI=1S/C13H22ClN3O2/c1-7(2)11(9(5)14)13-12(17(18)19)10(6)15-16(13)8(3)4/h7-9,11H,1-6H3. The largest absolute Gasteiger partial charge is 0.313 e. The van der Waals surface area contributed by atoms with Crippen LogP contribution < -0.4 is 0 Å². The van der Waals surface area contributed by atoms with E-state index < -0.39 is 0 Å². The quantitative estimate of drug-likeness (QED) is 0.466. The van der Waals surface area contributed by atoms with Crippen LogP contribution in [0.2, 0.25) is 0 Å². The Bertz CT molecular complexity index is 459. The number of hydrogen-bond acceptors (Lipinski definition) is 3. The molecular formula is C13H22ClN3O2. The van der Waals surface area contributed by atoms with Gasteiger partial charge in [0.1, 0.15) is 11.4 Å². The lowest BCUT2D eigenvalue weighted by Crippen LogP contribution is -2.22. The summed E-state index contributed by atoms with van der Waals surface area (Å²) in [5.41, 5.74) is 1.21. The average Bonchev–Trinajstić information content (AvgIpc) is 2.54. The van der Waals surface area contributed by atoms with Gasteiger partial charge < -0.3 is 0 Å². The number of aromatic nitrogens is 2. The molecule has 6 heteroatoms. The van der Waals surface area contributed by atoms with E-state index in [9.17, 15) is 10.1 Å². The van der Waals surface area contributed by atoms with Crippen LogP contribution >= 0.6 is 11.6 Å². The Kier molecular flexibility index (Phi) is 4.96. The summed E-state index contributed by atoms with van der Waals surface area (Å²) < 4.78 is 1.75. The summed E-state index contributed by atoms with van der Waals surface area (Å²) in [6, 6.07) is 0.0686. The first-order valence-electron chi connectivity index (χ1n) is 6.55. The number of halogens is 1. The number of aryl methyl sites for hydroxylation is 1. The molecule has 0 amide bonds. The number of nitro groups is 1. The van der Waals surface area contributed by atoms with Crippen molar-refractivity contribution in [3.05, 3.63) is 21.5 Å². The van der Waals surface area contributed by atoms with Crippen molar-refractivity contribution >= 4 is 17.3 Å². The van der Waals surface area contributed by atoms with Gasteiger partial charge in [0.25, 0.3) is 0 Å². The maximum absolute atomic E-state index is 11.3. The highest BCUT2D eigenvalue weighted by Gasteiger charge is 2.35. The lowest BCUT2D eigenvalue weighted by atomic mass is 9.88. The zero-order valence-corrected chi connectivity index (χ0v) is 13.1. The Morgan fingerprint density at radius 3 is 2.11 bits per heavy atom. The van der Waals surface area contributed by atoms with Crippen molar-refractivity contribution in [3.63, 3.8) is 0 Å². The Labute approximate surface area is 119 Å². The molecule has 0 spiro atoms. The third-order valence-electron chi connectivity index (χ3n) is 3.29. The summed E-state index contributed by atoms with van der Waals surface area (Å²) in [5.74, 6) is 0.116. The zero-order chi connectivity index (χ0) is 14.9. The molecule has 1 aromatic rings. The number of rotatable bonds is 5. The van der Waals surface area contributed by atoms with E-state index in [-0.39, 0.29) is 33.9 Å². The van der Waals surface area contributed by atoms with Crippen LogP contribution in [0.25, 0.3) is 0 Å². The van der Waals surface area contributed by atoms with E-state index in [1.54, 1.807) is 11.6 Å². The van der Waals surface area contributed by atoms with Gasteiger partial charge in [-0.1, -0.05) is 13.8 Å². The van der Waals surface area contributed by atoms with E-state index in [1.807, 2.05) is 34.6 Å². The van der Waals surface area contributed by atoms with Gasteiger partial charge in [-0.2, -0.15) is 5.10 Å². The molecule has 108 valence electrons. The maximum Gasteiger partial charge on any atom is 0.313 e. The van der Waals surface area contributed by atoms with E-state index in [1.165, 1.54) is 0 Å². The number of hydrogen-bond donors (Lipinski definition) is 0. The molecule has 0 N–H and O–H groups in total. The first-order valence-corrected chi connectivity index (χ1v) is 6.99. The van der Waals surface area contributed by atoms with Crippen LogP contribution in [-0.2, 0) is 0 Å². The third kappa shape index (κ3) is 3.08. The summed E-state index contributed by atoms with van der Waals surface area (Å²) in [5, 5.41) is 15.5. The maximum atomic E-state index is 11.3. The minimum Gasteiger partial charge on any atom is -0.259 e. The molecule has 0 radical (unpaired) electrons. The van der Waals surface area contributed by atoms with E-state index in [0.717, 1.165) is 0 Å². The van der Waals surface area contributed by atoms with Crippen LogP contribution in [0, 0.1) is 23.0 Å². The Morgan fingerprint density at radius 1 is 1.26 bits per heavy atom. The molecule has 0 saturated heterocycles. The van der Waals surface area contributed by atoms with Gasteiger partial charge in [0.15, 0.2) is 0 Å². The van der Waals surface area contributed by atoms with Crippen molar-refractivity contribution in [2.45, 2.75) is 58.9 Å². The molecule has 0 aliphatic carbocycles. The molecule has 0 aliphatic heterocycles. The zero-order valence-electron chi connectivity index (χ0n) is 12.3. The minimum atomic E-state index is -0.342. The topological polar surface area (TPSA) is 61.0 Å². The Morgan fingerprint density at radius 2 is 1.79 bits per heavy atom. The molecule has 0 aliphatic rings. The van der Waals surface area contributed by atoms with Gasteiger partial charge >= 0.3 is 5.69 Å². The SMILES string of the molecule is Cc1nn(C(C)C)c(C(C(C)C)C(C)Cl)c1[N+](=O)[O-]. The molecule has 5 nitrogen and oxygen atoms in total. The van der Waals surface area contributed by atoms with Gasteiger partial charge in [-0.3, -0.25) is 14.8 Å². The monoisotopic (exact) mass is 287 g/mol. The lowest BCUT2D eigenvalue weighted by Gasteiger charge is -2.24. The summed E-state index contributed by atoms with van der Waals surface area (Å²) in [7, 11) is 0. The number of nitrogens with zero attached hydrogens (tertiary/aromatic N) is 3. The van der Waals surface area contributed by atoms with Crippen LogP contribution in [0.1, 0.15) is 58.0 Å². The second-order valence-corrected chi connectivity index (χ2v) is 6.25. The van der Waals surface area contributed by atoms with Crippen molar-refractivity contribution in [1.29, 1.82) is 0 Å². The molecule has 2 atom stereocenters. The molecular weight excluding hydrogens is 266 g/mol. The molecule has 0 bridgehead atoms. The van der Waals surface area contributed by atoms with Gasteiger partial charge in [-0.15, -0.1) is 11.6 Å². The van der Waals surface area contributed by atoms with E-state index in [2.05, 4.69) is 5.10 Å². The summed E-state index contributed by atoms with van der Waals surface area (Å²) in [6.45, 7) is 11.5. The average molecular weight is 288 g/mol. The van der Waals surface area contributed by atoms with Crippen molar-refractivity contribution in [2.24, 2.45) is 5.92 Å². The van der Waals surface area contributed by atoms with Crippen molar-refractivity contribution in [1.82, 2.24) is 9.78 Å². The summed E-state index contributed by atoms with van der Waals surface area (Å²) in [4.78, 5) is 11.0. The highest BCUT2D eigenvalue weighted by atomic mass is 35.5. The molecule has 19 heavy (non-hydrogen) atoms. The Hall–Kier alpha value is -1.10. The molecule has 1 aromatic heterocycles. The molecule has 0 fully saturated rings. The molecule has 2 unspecified atom stereocenters. The molecule has 0 saturated carbocycles. The molecule has 0 aromatic carbocycles. The van der Waals surface area contributed by atoms with Gasteiger partial charge in [0, 0.05) is 17.3 Å². The van der Waals surface area contributed by atoms with E-state index in [0.29, 0.717) is 11.4 Å². The smallest absolute Gasteiger partial charge is 0.259 e. The first-order chi connectivity index (χ1) is 8.68.